The first-order chi connectivity index (χ1) is 9.36. The van der Waals surface area contributed by atoms with Gasteiger partial charge < -0.3 is 9.84 Å². The molecule has 0 aliphatic heterocycles. The molecule has 0 saturated carbocycles. The zero-order valence-electron chi connectivity index (χ0n) is 9.85. The van der Waals surface area contributed by atoms with Crippen molar-refractivity contribution in [3.63, 3.8) is 0 Å². The van der Waals surface area contributed by atoms with Crippen LogP contribution in [0.1, 0.15) is 20.2 Å². The van der Waals surface area contributed by atoms with Crippen LogP contribution in [0.25, 0.3) is 0 Å². The van der Waals surface area contributed by atoms with Gasteiger partial charge in [0.25, 0.3) is 0 Å². The number of carboxylic acid groups (broad SMARTS) is 1. The summed E-state index contributed by atoms with van der Waals surface area (Å²) in [6, 6.07) is 4.24. The van der Waals surface area contributed by atoms with E-state index in [1.807, 2.05) is 0 Å². The van der Waals surface area contributed by atoms with Gasteiger partial charge >= 0.3 is 12.1 Å². The molecule has 0 amide bonds. The monoisotopic (exact) mass is 303 g/mol. The van der Waals surface area contributed by atoms with Gasteiger partial charge in [-0.3, -0.25) is 0 Å². The molecule has 2 rings (SSSR count). The summed E-state index contributed by atoms with van der Waals surface area (Å²) in [5.41, 5.74) is -0.757. The Balaban J connectivity index is 1.98. The van der Waals surface area contributed by atoms with Gasteiger partial charge in [-0.25, -0.2) is 9.78 Å². The third-order valence-electron chi connectivity index (χ3n) is 2.31. The molecule has 0 aliphatic carbocycles. The van der Waals surface area contributed by atoms with Gasteiger partial charge in [0, 0.05) is 0 Å². The fourth-order valence-corrected chi connectivity index (χ4v) is 2.03. The molecule has 0 bridgehead atoms. The van der Waals surface area contributed by atoms with Gasteiger partial charge in [0.15, 0.2) is 0 Å². The quantitative estimate of drug-likeness (QED) is 0.940. The Morgan fingerprint density at radius 3 is 2.45 bits per heavy atom. The van der Waals surface area contributed by atoms with E-state index in [9.17, 15) is 18.0 Å². The summed E-state index contributed by atoms with van der Waals surface area (Å²) in [5.74, 6) is -0.826. The Hall–Kier alpha value is -2.09. The normalized spacial score (nSPS) is 11.3. The van der Waals surface area contributed by atoms with Crippen LogP contribution in [0.2, 0.25) is 0 Å². The summed E-state index contributed by atoms with van der Waals surface area (Å²) in [6.45, 7) is 0.00328. The lowest BCUT2D eigenvalue weighted by atomic mass is 10.2. The number of alkyl halides is 3. The van der Waals surface area contributed by atoms with Crippen LogP contribution in [-0.2, 0) is 12.8 Å². The molecule has 106 valence electrons. The Bertz CT molecular complexity index is 607. The van der Waals surface area contributed by atoms with Crippen molar-refractivity contribution in [2.45, 2.75) is 12.8 Å². The number of thiazole rings is 1. The van der Waals surface area contributed by atoms with E-state index in [1.54, 1.807) is 0 Å². The van der Waals surface area contributed by atoms with Gasteiger partial charge in [0.1, 0.15) is 22.2 Å². The van der Waals surface area contributed by atoms with E-state index >= 15 is 0 Å². The number of benzene rings is 1. The van der Waals surface area contributed by atoms with Gasteiger partial charge in [-0.05, 0) is 24.3 Å². The zero-order valence-corrected chi connectivity index (χ0v) is 10.7. The molecule has 20 heavy (non-hydrogen) atoms. The van der Waals surface area contributed by atoms with Crippen LogP contribution >= 0.6 is 11.3 Å². The van der Waals surface area contributed by atoms with Crippen molar-refractivity contribution in [2.75, 3.05) is 0 Å². The van der Waals surface area contributed by atoms with E-state index in [4.69, 9.17) is 9.84 Å². The number of nitrogens with zero attached hydrogens (tertiary/aromatic N) is 1. The number of carbonyl (C=O) groups is 1. The predicted molar refractivity (Wildman–Crippen MR) is 64.8 cm³/mol. The molecule has 4 nitrogen and oxygen atoms in total. The van der Waals surface area contributed by atoms with E-state index in [0.717, 1.165) is 23.5 Å². The molecule has 0 aliphatic rings. The molecule has 2 aromatic rings. The van der Waals surface area contributed by atoms with Crippen molar-refractivity contribution >= 4 is 17.3 Å². The average molecular weight is 303 g/mol. The van der Waals surface area contributed by atoms with Crippen molar-refractivity contribution in [1.82, 2.24) is 4.98 Å². The SMILES string of the molecule is O=C(O)c1cnc(COc2ccc(C(F)(F)F)cc2)s1. The lowest BCUT2D eigenvalue weighted by molar-refractivity contribution is -0.137. The van der Waals surface area contributed by atoms with Gasteiger partial charge in [-0.2, -0.15) is 13.2 Å². The summed E-state index contributed by atoms with van der Waals surface area (Å²) < 4.78 is 42.3. The highest BCUT2D eigenvalue weighted by molar-refractivity contribution is 7.13. The molecule has 0 radical (unpaired) electrons. The maximum absolute atomic E-state index is 12.3. The standard InChI is InChI=1S/C12H8F3NO3S/c13-12(14,15)7-1-3-8(4-2-7)19-6-10-16-5-9(20-10)11(17)18/h1-5H,6H2,(H,17,18). The molecule has 0 saturated heterocycles. The number of hydrogen-bond donors (Lipinski definition) is 1. The van der Waals surface area contributed by atoms with Crippen molar-refractivity contribution in [2.24, 2.45) is 0 Å². The van der Waals surface area contributed by atoms with Crippen LogP contribution in [0.15, 0.2) is 30.5 Å². The van der Waals surface area contributed by atoms with Crippen LogP contribution in [0, 0.1) is 0 Å². The fourth-order valence-electron chi connectivity index (χ4n) is 1.36. The minimum atomic E-state index is -4.38. The van der Waals surface area contributed by atoms with Crippen LogP contribution in [0.4, 0.5) is 13.2 Å². The molecule has 0 atom stereocenters. The Morgan fingerprint density at radius 2 is 1.95 bits per heavy atom. The van der Waals surface area contributed by atoms with E-state index < -0.39 is 17.7 Å². The maximum Gasteiger partial charge on any atom is 0.416 e. The third-order valence-corrected chi connectivity index (χ3v) is 3.27. The first-order valence-corrected chi connectivity index (χ1v) is 6.16. The molecule has 1 N–H and O–H groups in total. The molecule has 0 spiro atoms. The Labute approximate surface area is 115 Å². The van der Waals surface area contributed by atoms with Crippen LogP contribution in [0.5, 0.6) is 5.75 Å². The highest BCUT2D eigenvalue weighted by Gasteiger charge is 2.30. The van der Waals surface area contributed by atoms with E-state index in [2.05, 4.69) is 4.98 Å². The van der Waals surface area contributed by atoms with E-state index in [0.29, 0.717) is 5.01 Å². The molecule has 0 unspecified atom stereocenters. The molecule has 1 aromatic heterocycles. The molecule has 0 fully saturated rings. The Kier molecular flexibility index (Phi) is 3.93. The van der Waals surface area contributed by atoms with Crippen LogP contribution in [0.3, 0.4) is 0 Å². The number of aromatic carboxylic acids is 1. The lowest BCUT2D eigenvalue weighted by Crippen LogP contribution is -2.04. The number of ether oxygens (including phenoxy) is 1. The molecule has 1 aromatic carbocycles. The lowest BCUT2D eigenvalue weighted by Gasteiger charge is -2.08. The minimum Gasteiger partial charge on any atom is -0.486 e. The van der Waals surface area contributed by atoms with E-state index in [-0.39, 0.29) is 17.2 Å². The summed E-state index contributed by atoms with van der Waals surface area (Å²) in [6.07, 6.45) is -3.18. The van der Waals surface area contributed by atoms with Crippen molar-refractivity contribution in [3.8, 4) is 5.75 Å². The largest absolute Gasteiger partial charge is 0.486 e. The van der Waals surface area contributed by atoms with Gasteiger partial charge in [-0.1, -0.05) is 0 Å². The predicted octanol–water partition coefficient (Wildman–Crippen LogP) is 3.44. The molecule has 1 heterocycles. The van der Waals surface area contributed by atoms with Crippen LogP contribution in [-0.4, -0.2) is 16.1 Å². The number of carboxylic acids is 1. The second-order valence-electron chi connectivity index (χ2n) is 3.73. The highest BCUT2D eigenvalue weighted by Crippen LogP contribution is 2.30. The fraction of sp³-hybridized carbons (Fsp3) is 0.167. The summed E-state index contributed by atoms with van der Waals surface area (Å²) >= 11 is 0.952. The van der Waals surface area contributed by atoms with Crippen molar-refractivity contribution in [3.05, 3.63) is 45.9 Å². The second kappa shape index (κ2) is 5.49. The number of halogens is 3. The first-order valence-electron chi connectivity index (χ1n) is 5.34. The third kappa shape index (κ3) is 3.47. The van der Waals surface area contributed by atoms with Gasteiger partial charge in [-0.15, -0.1) is 11.3 Å². The topological polar surface area (TPSA) is 59.4 Å². The maximum atomic E-state index is 12.3. The zero-order chi connectivity index (χ0) is 14.8. The number of hydrogen-bond acceptors (Lipinski definition) is 4. The van der Waals surface area contributed by atoms with Gasteiger partial charge in [0.05, 0.1) is 11.8 Å². The molecular weight excluding hydrogens is 295 g/mol. The molecule has 8 heteroatoms. The Morgan fingerprint density at radius 1 is 1.30 bits per heavy atom. The molecular formula is C12H8F3NO3S. The first kappa shape index (κ1) is 14.3. The second-order valence-corrected chi connectivity index (χ2v) is 4.85. The highest BCUT2D eigenvalue weighted by atomic mass is 32.1. The van der Waals surface area contributed by atoms with Crippen LogP contribution < -0.4 is 4.74 Å². The van der Waals surface area contributed by atoms with E-state index in [1.165, 1.54) is 18.3 Å². The van der Waals surface area contributed by atoms with Crippen molar-refractivity contribution < 1.29 is 27.8 Å². The number of aromatic nitrogens is 1. The summed E-state index contributed by atoms with van der Waals surface area (Å²) in [5, 5.41) is 9.15. The average Bonchev–Trinajstić information content (AvgIpc) is 2.85. The van der Waals surface area contributed by atoms with Crippen molar-refractivity contribution in [1.29, 1.82) is 0 Å². The summed E-state index contributed by atoms with van der Waals surface area (Å²) in [7, 11) is 0. The smallest absolute Gasteiger partial charge is 0.416 e. The van der Waals surface area contributed by atoms with Gasteiger partial charge in [0.2, 0.25) is 0 Å². The number of rotatable bonds is 4. The summed E-state index contributed by atoms with van der Waals surface area (Å²) in [4.78, 5) is 14.6. The minimum absolute atomic E-state index is 0.00328.